The molecule has 116 valence electrons. The van der Waals surface area contributed by atoms with Crippen molar-refractivity contribution in [2.75, 3.05) is 18.0 Å². The number of hydrogen-bond acceptors (Lipinski definition) is 5. The van der Waals surface area contributed by atoms with Crippen LogP contribution in [0.1, 0.15) is 24.1 Å². The average molecular weight is 299 g/mol. The van der Waals surface area contributed by atoms with Gasteiger partial charge in [-0.05, 0) is 32.6 Å². The van der Waals surface area contributed by atoms with Crippen molar-refractivity contribution in [2.45, 2.75) is 33.2 Å². The summed E-state index contributed by atoms with van der Waals surface area (Å²) in [5.74, 6) is 1.45. The molecule has 2 aromatic rings. The lowest BCUT2D eigenvalue weighted by atomic mass is 9.96. The van der Waals surface area contributed by atoms with E-state index in [2.05, 4.69) is 19.9 Å². The van der Waals surface area contributed by atoms with Gasteiger partial charge in [-0.25, -0.2) is 9.97 Å². The monoisotopic (exact) mass is 299 g/mol. The summed E-state index contributed by atoms with van der Waals surface area (Å²) in [4.78, 5) is 27.2. The first-order chi connectivity index (χ1) is 10.6. The molecule has 1 aliphatic rings. The first-order valence-corrected chi connectivity index (χ1v) is 7.68. The molecule has 6 heteroatoms. The molecule has 0 aromatic carbocycles. The van der Waals surface area contributed by atoms with Gasteiger partial charge in [-0.15, -0.1) is 0 Å². The van der Waals surface area contributed by atoms with E-state index in [0.29, 0.717) is 11.5 Å². The van der Waals surface area contributed by atoms with Crippen LogP contribution in [0.4, 0.5) is 5.82 Å². The predicted molar refractivity (Wildman–Crippen MR) is 84.9 cm³/mol. The maximum Gasteiger partial charge on any atom is 0.256 e. The maximum absolute atomic E-state index is 12.1. The van der Waals surface area contributed by atoms with Crippen molar-refractivity contribution in [1.29, 1.82) is 0 Å². The molecule has 3 heterocycles. The summed E-state index contributed by atoms with van der Waals surface area (Å²) in [5.41, 5.74) is 1.71. The summed E-state index contributed by atoms with van der Waals surface area (Å²) >= 11 is 0. The molecule has 0 saturated carbocycles. The number of aryl methyl sites for hydroxylation is 2. The summed E-state index contributed by atoms with van der Waals surface area (Å²) < 4.78 is 1.74. The molecule has 1 saturated heterocycles. The molecule has 0 radical (unpaired) electrons. The summed E-state index contributed by atoms with van der Waals surface area (Å²) in [6.45, 7) is 6.41. The van der Waals surface area contributed by atoms with Gasteiger partial charge >= 0.3 is 0 Å². The minimum Gasteiger partial charge on any atom is -0.355 e. The van der Waals surface area contributed by atoms with Gasteiger partial charge < -0.3 is 4.90 Å². The highest BCUT2D eigenvalue weighted by atomic mass is 16.1. The molecule has 1 fully saturated rings. The molecule has 3 rings (SSSR count). The Labute approximate surface area is 129 Å². The van der Waals surface area contributed by atoms with Crippen molar-refractivity contribution in [3.05, 3.63) is 46.5 Å². The predicted octanol–water partition coefficient (Wildman–Crippen LogP) is 1.57. The second-order valence-electron chi connectivity index (χ2n) is 5.98. The highest BCUT2D eigenvalue weighted by Gasteiger charge is 2.21. The third-order valence-corrected chi connectivity index (χ3v) is 4.23. The Morgan fingerprint density at radius 2 is 1.91 bits per heavy atom. The maximum atomic E-state index is 12.1. The van der Waals surface area contributed by atoms with Crippen molar-refractivity contribution in [2.24, 2.45) is 5.92 Å². The van der Waals surface area contributed by atoms with Gasteiger partial charge in [-0.1, -0.05) is 0 Å². The van der Waals surface area contributed by atoms with Crippen LogP contribution in [-0.2, 0) is 6.54 Å². The van der Waals surface area contributed by atoms with Gasteiger partial charge in [0, 0.05) is 31.4 Å². The van der Waals surface area contributed by atoms with Crippen LogP contribution in [-0.4, -0.2) is 32.6 Å². The molecule has 0 atom stereocenters. The van der Waals surface area contributed by atoms with Gasteiger partial charge in [0.25, 0.3) is 5.56 Å². The summed E-state index contributed by atoms with van der Waals surface area (Å²) in [5, 5.41) is 0. The molecular weight excluding hydrogens is 278 g/mol. The van der Waals surface area contributed by atoms with Crippen LogP contribution in [0.25, 0.3) is 0 Å². The topological polar surface area (TPSA) is 63.9 Å². The largest absolute Gasteiger partial charge is 0.355 e. The number of rotatable bonds is 3. The molecule has 22 heavy (non-hydrogen) atoms. The van der Waals surface area contributed by atoms with Crippen molar-refractivity contribution < 1.29 is 0 Å². The number of piperidine rings is 1. The zero-order chi connectivity index (χ0) is 15.5. The second-order valence-corrected chi connectivity index (χ2v) is 5.98. The first kappa shape index (κ1) is 14.7. The third-order valence-electron chi connectivity index (χ3n) is 4.23. The lowest BCUT2D eigenvalue weighted by molar-refractivity contribution is 0.349. The molecule has 0 aliphatic carbocycles. The Hall–Kier alpha value is -2.24. The zero-order valence-electron chi connectivity index (χ0n) is 13.1. The molecule has 0 N–H and O–H groups in total. The first-order valence-electron chi connectivity index (χ1n) is 7.68. The van der Waals surface area contributed by atoms with E-state index >= 15 is 0 Å². The van der Waals surface area contributed by atoms with Gasteiger partial charge in [0.2, 0.25) is 0 Å². The Bertz CT molecular complexity index is 686. The standard InChI is InChI=1S/C16H21N5O/c1-12-7-17-11-21(16(12)22)10-14-3-5-20(6-4-14)15-9-18-13(2)8-19-15/h7-9,11,14H,3-6,10H2,1-2H3. The lowest BCUT2D eigenvalue weighted by Crippen LogP contribution is -2.37. The molecule has 0 bridgehead atoms. The fourth-order valence-electron chi connectivity index (χ4n) is 2.86. The number of nitrogens with zero attached hydrogens (tertiary/aromatic N) is 5. The van der Waals surface area contributed by atoms with Crippen LogP contribution in [0.15, 0.2) is 29.7 Å². The van der Waals surface area contributed by atoms with E-state index in [0.717, 1.165) is 44.0 Å². The number of aromatic nitrogens is 4. The SMILES string of the molecule is Cc1cnc(N2CCC(Cn3cncc(C)c3=O)CC2)cn1. The molecule has 2 aromatic heterocycles. The minimum absolute atomic E-state index is 0.0711. The molecule has 0 spiro atoms. The van der Waals surface area contributed by atoms with Crippen LogP contribution >= 0.6 is 0 Å². The Morgan fingerprint density at radius 3 is 2.59 bits per heavy atom. The normalized spacial score (nSPS) is 16.0. The van der Waals surface area contributed by atoms with Gasteiger partial charge in [-0.2, -0.15) is 0 Å². The smallest absolute Gasteiger partial charge is 0.256 e. The lowest BCUT2D eigenvalue weighted by Gasteiger charge is -2.32. The van der Waals surface area contributed by atoms with E-state index in [4.69, 9.17) is 0 Å². The van der Waals surface area contributed by atoms with Crippen LogP contribution in [0.2, 0.25) is 0 Å². The van der Waals surface area contributed by atoms with Crippen LogP contribution in [0.3, 0.4) is 0 Å². The summed E-state index contributed by atoms with van der Waals surface area (Å²) in [7, 11) is 0. The Kier molecular flexibility index (Phi) is 4.18. The summed E-state index contributed by atoms with van der Waals surface area (Å²) in [6, 6.07) is 0. The van der Waals surface area contributed by atoms with E-state index in [1.807, 2.05) is 20.0 Å². The van der Waals surface area contributed by atoms with Gasteiger partial charge in [-0.3, -0.25) is 14.3 Å². The average Bonchev–Trinajstić information content (AvgIpc) is 2.53. The molecule has 6 nitrogen and oxygen atoms in total. The molecule has 1 aliphatic heterocycles. The van der Waals surface area contributed by atoms with Crippen molar-refractivity contribution >= 4 is 5.82 Å². The highest BCUT2D eigenvalue weighted by molar-refractivity contribution is 5.36. The van der Waals surface area contributed by atoms with Gasteiger partial charge in [0.05, 0.1) is 24.4 Å². The number of hydrogen-bond donors (Lipinski definition) is 0. The minimum atomic E-state index is 0.0711. The number of anilines is 1. The van der Waals surface area contributed by atoms with E-state index < -0.39 is 0 Å². The Balaban J connectivity index is 1.61. The van der Waals surface area contributed by atoms with Crippen LogP contribution in [0, 0.1) is 19.8 Å². The van der Waals surface area contributed by atoms with Gasteiger partial charge in [0.15, 0.2) is 0 Å². The van der Waals surface area contributed by atoms with Crippen LogP contribution < -0.4 is 10.5 Å². The van der Waals surface area contributed by atoms with Crippen molar-refractivity contribution in [1.82, 2.24) is 19.5 Å². The van der Waals surface area contributed by atoms with E-state index in [-0.39, 0.29) is 5.56 Å². The van der Waals surface area contributed by atoms with Gasteiger partial charge in [0.1, 0.15) is 5.82 Å². The zero-order valence-corrected chi connectivity index (χ0v) is 13.1. The third kappa shape index (κ3) is 3.16. The fraction of sp³-hybridized carbons (Fsp3) is 0.500. The van der Waals surface area contributed by atoms with E-state index in [9.17, 15) is 4.79 Å². The highest BCUT2D eigenvalue weighted by Crippen LogP contribution is 2.22. The second kappa shape index (κ2) is 6.25. The van der Waals surface area contributed by atoms with Crippen molar-refractivity contribution in [3.63, 3.8) is 0 Å². The summed E-state index contributed by atoms with van der Waals surface area (Å²) in [6.07, 6.45) is 9.01. The molecular formula is C16H21N5O. The quantitative estimate of drug-likeness (QED) is 0.860. The van der Waals surface area contributed by atoms with Crippen LogP contribution in [0.5, 0.6) is 0 Å². The van der Waals surface area contributed by atoms with Crippen molar-refractivity contribution in [3.8, 4) is 0 Å². The molecule has 0 unspecified atom stereocenters. The molecule has 0 amide bonds. The Morgan fingerprint density at radius 1 is 1.14 bits per heavy atom. The fourth-order valence-corrected chi connectivity index (χ4v) is 2.86. The van der Waals surface area contributed by atoms with E-state index in [1.165, 1.54) is 0 Å². The van der Waals surface area contributed by atoms with E-state index in [1.54, 1.807) is 23.3 Å².